The van der Waals surface area contributed by atoms with Crippen LogP contribution in [0.3, 0.4) is 0 Å². The molecule has 0 spiro atoms. The molecule has 0 bridgehead atoms. The van der Waals surface area contributed by atoms with E-state index in [0.29, 0.717) is 23.9 Å². The Morgan fingerprint density at radius 3 is 2.89 bits per heavy atom. The second-order valence-corrected chi connectivity index (χ2v) is 10.3. The zero-order chi connectivity index (χ0) is 19.2. The molecule has 2 aromatic rings. The predicted octanol–water partition coefficient (Wildman–Crippen LogP) is 3.10. The van der Waals surface area contributed by atoms with E-state index in [-0.39, 0.29) is 11.3 Å². The molecule has 2 heterocycles. The number of aryl methyl sites for hydroxylation is 1. The quantitative estimate of drug-likeness (QED) is 0.805. The van der Waals surface area contributed by atoms with Crippen LogP contribution in [0.2, 0.25) is 0 Å². The van der Waals surface area contributed by atoms with Crippen molar-refractivity contribution in [2.45, 2.75) is 25.2 Å². The molecule has 1 amide bonds. The summed E-state index contributed by atoms with van der Waals surface area (Å²) < 4.78 is 25.6. The molecule has 2 aliphatic rings. The van der Waals surface area contributed by atoms with Crippen molar-refractivity contribution in [1.29, 1.82) is 0 Å². The van der Waals surface area contributed by atoms with Gasteiger partial charge in [0, 0.05) is 30.6 Å². The molecule has 4 rings (SSSR count). The van der Waals surface area contributed by atoms with E-state index in [1.165, 1.54) is 5.56 Å². The van der Waals surface area contributed by atoms with Gasteiger partial charge in [0.2, 0.25) is 15.9 Å². The average Bonchev–Trinajstić information content (AvgIpc) is 3.06. The third-order valence-electron chi connectivity index (χ3n) is 6.10. The second-order valence-electron chi connectivity index (χ2n) is 7.80. The van der Waals surface area contributed by atoms with Gasteiger partial charge in [-0.15, -0.1) is 0 Å². The van der Waals surface area contributed by atoms with Gasteiger partial charge in [-0.1, -0.05) is 19.1 Å². The van der Waals surface area contributed by atoms with Crippen molar-refractivity contribution in [2.75, 3.05) is 24.1 Å². The Morgan fingerprint density at radius 2 is 2.19 bits per heavy atom. The highest BCUT2D eigenvalue weighted by atomic mass is 32.2. The van der Waals surface area contributed by atoms with Gasteiger partial charge in [0.15, 0.2) is 0 Å². The Bertz CT molecular complexity index is 955. The molecule has 2 fully saturated rings. The van der Waals surface area contributed by atoms with Gasteiger partial charge in [-0.2, -0.15) is 11.3 Å². The largest absolute Gasteiger partial charge is 0.341 e. The Morgan fingerprint density at radius 1 is 1.37 bits per heavy atom. The van der Waals surface area contributed by atoms with E-state index in [1.54, 1.807) is 17.4 Å². The van der Waals surface area contributed by atoms with Crippen molar-refractivity contribution in [3.8, 4) is 0 Å². The number of anilines is 1. The summed E-state index contributed by atoms with van der Waals surface area (Å²) in [4.78, 5) is 14.7. The van der Waals surface area contributed by atoms with Crippen LogP contribution < -0.4 is 4.72 Å². The van der Waals surface area contributed by atoms with E-state index in [1.807, 2.05) is 22.4 Å². The molecule has 1 N–H and O–H groups in total. The molecule has 1 aromatic heterocycles. The number of rotatable bonds is 6. The number of fused-ring (bicyclic) bond motifs is 1. The number of thiophene rings is 1. The van der Waals surface area contributed by atoms with Crippen molar-refractivity contribution >= 4 is 33.0 Å². The highest BCUT2D eigenvalue weighted by Crippen LogP contribution is 2.64. The van der Waals surface area contributed by atoms with Crippen LogP contribution >= 0.6 is 11.3 Å². The van der Waals surface area contributed by atoms with Crippen molar-refractivity contribution in [3.05, 3.63) is 52.2 Å². The molecule has 3 atom stereocenters. The number of benzene rings is 1. The SMILES string of the molecule is CC1C2CN(C(=O)CCc3ccsc3)CC12c1cccc(NS(C)(=O)=O)c1. The number of likely N-dealkylation sites (tertiary alicyclic amines) is 1. The molecule has 7 heteroatoms. The molecule has 5 nitrogen and oxygen atoms in total. The first-order valence-corrected chi connectivity index (χ1v) is 12.0. The van der Waals surface area contributed by atoms with E-state index in [9.17, 15) is 13.2 Å². The number of hydrogen-bond donors (Lipinski definition) is 1. The summed E-state index contributed by atoms with van der Waals surface area (Å²) in [6, 6.07) is 9.71. The van der Waals surface area contributed by atoms with Gasteiger partial charge in [0.05, 0.1) is 6.26 Å². The Balaban J connectivity index is 1.47. The summed E-state index contributed by atoms with van der Waals surface area (Å²) in [5.74, 6) is 1.17. The highest BCUT2D eigenvalue weighted by Gasteiger charge is 2.67. The summed E-state index contributed by atoms with van der Waals surface area (Å²) in [5, 5.41) is 4.14. The van der Waals surface area contributed by atoms with Crippen LogP contribution in [0.15, 0.2) is 41.1 Å². The molecule has 1 aromatic carbocycles. The minimum Gasteiger partial charge on any atom is -0.341 e. The van der Waals surface area contributed by atoms with Crippen molar-refractivity contribution in [2.24, 2.45) is 11.8 Å². The number of sulfonamides is 1. The Hall–Kier alpha value is -1.86. The highest BCUT2D eigenvalue weighted by molar-refractivity contribution is 7.92. The first-order chi connectivity index (χ1) is 12.8. The molecule has 1 aliphatic carbocycles. The minimum atomic E-state index is -3.30. The molecule has 3 unspecified atom stereocenters. The van der Waals surface area contributed by atoms with Crippen molar-refractivity contribution < 1.29 is 13.2 Å². The zero-order valence-corrected chi connectivity index (χ0v) is 17.1. The van der Waals surface area contributed by atoms with Crippen LogP contribution in [0, 0.1) is 11.8 Å². The summed E-state index contributed by atoms with van der Waals surface area (Å²) in [6.07, 6.45) is 2.49. The van der Waals surface area contributed by atoms with Crippen LogP contribution in [0.1, 0.15) is 24.5 Å². The molecular weight excluding hydrogens is 380 g/mol. The monoisotopic (exact) mass is 404 g/mol. The molecule has 1 saturated carbocycles. The van der Waals surface area contributed by atoms with E-state index in [2.05, 4.69) is 29.2 Å². The fourth-order valence-corrected chi connectivity index (χ4v) is 5.87. The molecule has 27 heavy (non-hydrogen) atoms. The Labute approximate surface area is 164 Å². The maximum absolute atomic E-state index is 12.7. The first-order valence-electron chi connectivity index (χ1n) is 9.17. The average molecular weight is 405 g/mol. The van der Waals surface area contributed by atoms with Gasteiger partial charge in [0.25, 0.3) is 0 Å². The lowest BCUT2D eigenvalue weighted by Crippen LogP contribution is -2.34. The number of piperidine rings is 1. The number of carbonyl (C=O) groups excluding carboxylic acids is 1. The van der Waals surface area contributed by atoms with Crippen LogP contribution in [0.5, 0.6) is 0 Å². The topological polar surface area (TPSA) is 66.5 Å². The number of amides is 1. The van der Waals surface area contributed by atoms with E-state index in [4.69, 9.17) is 0 Å². The Kier molecular flexibility index (Phi) is 4.55. The summed E-state index contributed by atoms with van der Waals surface area (Å²) >= 11 is 1.66. The van der Waals surface area contributed by atoms with Crippen molar-refractivity contribution in [3.63, 3.8) is 0 Å². The minimum absolute atomic E-state index is 0.0345. The summed E-state index contributed by atoms with van der Waals surface area (Å²) in [6.45, 7) is 3.76. The third kappa shape index (κ3) is 3.50. The van der Waals surface area contributed by atoms with Crippen LogP contribution in [-0.4, -0.2) is 38.6 Å². The lowest BCUT2D eigenvalue weighted by atomic mass is 9.92. The number of hydrogen-bond acceptors (Lipinski definition) is 4. The van der Waals surface area contributed by atoms with Gasteiger partial charge >= 0.3 is 0 Å². The van der Waals surface area contributed by atoms with E-state index in [0.717, 1.165) is 31.3 Å². The van der Waals surface area contributed by atoms with Gasteiger partial charge in [-0.25, -0.2) is 8.42 Å². The fourth-order valence-electron chi connectivity index (χ4n) is 4.62. The lowest BCUT2D eigenvalue weighted by molar-refractivity contribution is -0.130. The first kappa shape index (κ1) is 18.5. The summed E-state index contributed by atoms with van der Waals surface area (Å²) in [5.41, 5.74) is 2.90. The van der Waals surface area contributed by atoms with Gasteiger partial charge in [0.1, 0.15) is 0 Å². The smallest absolute Gasteiger partial charge is 0.229 e. The molecule has 1 aliphatic heterocycles. The number of nitrogens with one attached hydrogen (secondary N) is 1. The van der Waals surface area contributed by atoms with Crippen LogP contribution in [0.25, 0.3) is 0 Å². The standard InChI is InChI=1S/C20H24N2O3S2/c1-14-18-11-22(19(23)7-6-15-8-9-26-12-15)13-20(14,18)16-4-3-5-17(10-16)21-27(2,24)25/h3-5,8-10,12,14,18,21H,6-7,11,13H2,1-2H3. The predicted molar refractivity (Wildman–Crippen MR) is 108 cm³/mol. The number of nitrogens with zero attached hydrogens (tertiary/aromatic N) is 1. The third-order valence-corrected chi connectivity index (χ3v) is 7.44. The van der Waals surface area contributed by atoms with Gasteiger partial charge in [-0.3, -0.25) is 9.52 Å². The molecule has 144 valence electrons. The molecular formula is C20H24N2O3S2. The molecule has 0 radical (unpaired) electrons. The molecule has 1 saturated heterocycles. The maximum Gasteiger partial charge on any atom is 0.229 e. The van der Waals surface area contributed by atoms with Gasteiger partial charge in [-0.05, 0) is 58.3 Å². The normalized spacial score (nSPS) is 26.7. The van der Waals surface area contributed by atoms with E-state index < -0.39 is 10.0 Å². The number of carbonyl (C=O) groups is 1. The lowest BCUT2D eigenvalue weighted by Gasteiger charge is -2.24. The zero-order valence-electron chi connectivity index (χ0n) is 15.5. The van der Waals surface area contributed by atoms with E-state index >= 15 is 0 Å². The maximum atomic E-state index is 12.7. The van der Waals surface area contributed by atoms with Crippen LogP contribution in [0.4, 0.5) is 5.69 Å². The van der Waals surface area contributed by atoms with Gasteiger partial charge < -0.3 is 4.90 Å². The second kappa shape index (κ2) is 6.63. The summed E-state index contributed by atoms with van der Waals surface area (Å²) in [7, 11) is -3.30. The van der Waals surface area contributed by atoms with Crippen molar-refractivity contribution in [1.82, 2.24) is 4.90 Å². The fraction of sp³-hybridized carbons (Fsp3) is 0.450. The van der Waals surface area contributed by atoms with Crippen LogP contribution in [-0.2, 0) is 26.7 Å².